The summed E-state index contributed by atoms with van der Waals surface area (Å²) in [5, 5.41) is 53.7. The number of esters is 1. The normalized spacial score (nSPS) is 21.6. The number of allylic oxidation sites excluding steroid dienone is 2. The number of hydrogen-bond donors (Lipinski definition) is 5. The number of carbonyl (C=O) groups is 4. The van der Waals surface area contributed by atoms with Gasteiger partial charge in [-0.2, -0.15) is 23.5 Å². The summed E-state index contributed by atoms with van der Waals surface area (Å²) in [6.07, 6.45) is 11.5. The first-order chi connectivity index (χ1) is 32.5. The summed E-state index contributed by atoms with van der Waals surface area (Å²) >= 11 is 6.13. The van der Waals surface area contributed by atoms with Gasteiger partial charge in [-0.05, 0) is 106 Å². The Kier molecular flexibility index (Phi) is 23.9. The monoisotopic (exact) mass is 990 g/mol. The molecule has 0 aliphatic heterocycles. The molecule has 67 heavy (non-hydrogen) atoms. The van der Waals surface area contributed by atoms with Crippen LogP contribution in [-0.2, 0) is 36.8 Å². The number of carboxylic acids is 1. The number of Topliss-reactive ketones (excluding diaryl/α,β-unsaturated/α-hetero) is 2. The van der Waals surface area contributed by atoms with Crippen LogP contribution in [0.25, 0.3) is 21.5 Å². The predicted octanol–water partition coefficient (Wildman–Crippen LogP) is 8.48. The second-order valence-corrected chi connectivity index (χ2v) is 21.8. The first-order valence-electron chi connectivity index (χ1n) is 23.1. The van der Waals surface area contributed by atoms with Crippen LogP contribution in [0, 0.1) is 23.7 Å². The van der Waals surface area contributed by atoms with Crippen molar-refractivity contribution in [2.75, 3.05) is 54.8 Å². The van der Waals surface area contributed by atoms with Gasteiger partial charge in [-0.15, -0.1) is 23.5 Å². The largest absolute Gasteiger partial charge is 0.481 e. The number of benzene rings is 4. The molecule has 0 aromatic heterocycles. The molecule has 5 N–H and O–H groups in total. The van der Waals surface area contributed by atoms with Crippen LogP contribution in [-0.4, -0.2) is 127 Å². The summed E-state index contributed by atoms with van der Waals surface area (Å²) in [4.78, 5) is 46.8. The van der Waals surface area contributed by atoms with E-state index in [0.29, 0.717) is 31.4 Å². The molecule has 2 aliphatic carbocycles. The second-order valence-electron chi connectivity index (χ2n) is 17.1. The number of ketones is 2. The van der Waals surface area contributed by atoms with Crippen LogP contribution in [0.2, 0.25) is 0 Å². The third-order valence-electron chi connectivity index (χ3n) is 12.1. The smallest absolute Gasteiger partial charge is 0.315 e. The summed E-state index contributed by atoms with van der Waals surface area (Å²) in [7, 11) is 1.38. The number of fused-ring (bicyclic) bond motifs is 2. The maximum atomic E-state index is 12.6. The number of rotatable bonds is 26. The number of hydrogen-bond acceptors (Lipinski definition) is 13. The molecule has 0 bridgehead atoms. The fraction of sp³-hybridized carbons (Fsp3) is 0.472. The molecule has 0 saturated heterocycles. The zero-order valence-electron chi connectivity index (χ0n) is 38.2. The van der Waals surface area contributed by atoms with E-state index >= 15 is 0 Å². The summed E-state index contributed by atoms with van der Waals surface area (Å²) in [6.45, 7) is -0.0700. The Balaban J connectivity index is 0.000000251. The molecule has 2 unspecified atom stereocenters. The number of methoxy groups -OCH3 is 1. The molecular formula is C53H66O10S4. The van der Waals surface area contributed by atoms with Crippen molar-refractivity contribution in [3.8, 4) is 0 Å². The lowest BCUT2D eigenvalue weighted by molar-refractivity contribution is -0.137. The highest BCUT2D eigenvalue weighted by atomic mass is 32.2. The highest BCUT2D eigenvalue weighted by Gasteiger charge is 2.41. The van der Waals surface area contributed by atoms with Crippen molar-refractivity contribution < 1.29 is 49.4 Å². The Bertz CT molecular complexity index is 2250. The van der Waals surface area contributed by atoms with E-state index in [1.165, 1.54) is 63.3 Å². The highest BCUT2D eigenvalue weighted by Crippen LogP contribution is 2.40. The van der Waals surface area contributed by atoms with Gasteiger partial charge in [0.2, 0.25) is 0 Å². The van der Waals surface area contributed by atoms with Crippen LogP contribution >= 0.6 is 47.0 Å². The minimum atomic E-state index is -0.811. The molecule has 2 fully saturated rings. The fourth-order valence-corrected chi connectivity index (χ4v) is 13.1. The molecule has 4 aromatic rings. The first-order valence-corrected chi connectivity index (χ1v) is 27.5. The van der Waals surface area contributed by atoms with E-state index < -0.39 is 18.2 Å². The minimum absolute atomic E-state index is 0.0278. The van der Waals surface area contributed by atoms with Gasteiger partial charge in [0.25, 0.3) is 0 Å². The van der Waals surface area contributed by atoms with Gasteiger partial charge in [-0.25, -0.2) is 0 Å². The summed E-state index contributed by atoms with van der Waals surface area (Å²) in [5.41, 5.74) is 2.37. The first kappa shape index (κ1) is 54.3. The average molecular weight is 991 g/mol. The number of aryl methyl sites for hydroxylation is 2. The third kappa shape index (κ3) is 18.0. The Morgan fingerprint density at radius 3 is 1.49 bits per heavy atom. The van der Waals surface area contributed by atoms with E-state index in [0.717, 1.165) is 48.7 Å². The van der Waals surface area contributed by atoms with Crippen molar-refractivity contribution >= 4 is 92.1 Å². The van der Waals surface area contributed by atoms with Crippen molar-refractivity contribution in [3.63, 3.8) is 0 Å². The second kappa shape index (κ2) is 29.4. The lowest BCUT2D eigenvalue weighted by atomic mass is 9.95. The molecule has 0 radical (unpaired) electrons. The van der Waals surface area contributed by atoms with Crippen LogP contribution < -0.4 is 0 Å². The lowest BCUT2D eigenvalue weighted by Crippen LogP contribution is -2.21. The van der Waals surface area contributed by atoms with Crippen molar-refractivity contribution in [1.29, 1.82) is 0 Å². The topological polar surface area (TPSA) is 179 Å². The Labute approximate surface area is 412 Å². The maximum absolute atomic E-state index is 12.6. The van der Waals surface area contributed by atoms with E-state index in [1.54, 1.807) is 35.7 Å². The maximum Gasteiger partial charge on any atom is 0.315 e. The predicted molar refractivity (Wildman–Crippen MR) is 278 cm³/mol. The van der Waals surface area contributed by atoms with Gasteiger partial charge in [0.1, 0.15) is 11.6 Å². The molecule has 0 spiro atoms. The number of aliphatic hydroxyl groups excluding tert-OH is 4. The summed E-state index contributed by atoms with van der Waals surface area (Å²) in [6, 6.07) is 29.2. The molecule has 14 heteroatoms. The van der Waals surface area contributed by atoms with E-state index in [2.05, 4.69) is 65.4 Å². The van der Waals surface area contributed by atoms with Gasteiger partial charge in [0.15, 0.2) is 0 Å². The number of thioether (sulfide) groups is 4. The van der Waals surface area contributed by atoms with Crippen LogP contribution in [0.5, 0.6) is 0 Å². The quantitative estimate of drug-likeness (QED) is 0.0230. The zero-order valence-corrected chi connectivity index (χ0v) is 41.5. The van der Waals surface area contributed by atoms with Gasteiger partial charge in [-0.1, -0.05) is 109 Å². The number of carboxylic acid groups (broad SMARTS) is 1. The summed E-state index contributed by atoms with van der Waals surface area (Å²) < 4.78 is 4.63. The minimum Gasteiger partial charge on any atom is -0.481 e. The Morgan fingerprint density at radius 1 is 0.642 bits per heavy atom. The van der Waals surface area contributed by atoms with Crippen molar-refractivity contribution in [1.82, 2.24) is 0 Å². The SMILES string of the molecule is COC(=O)CSCCCS[C@H]1C(=O)C[C@@H](CO)[C@@H]1/C=C/C(O)CCc1ccc2ccccc2c1.O=C(O)CSCCCS[C@H]1C(=O)C[C@@H](CO)[C@@H]1/C=C/C(O)CCc1ccc2ccccc2c1. The number of aliphatic hydroxyl groups is 4. The van der Waals surface area contributed by atoms with Crippen LogP contribution in [0.3, 0.4) is 0 Å². The van der Waals surface area contributed by atoms with Gasteiger partial charge < -0.3 is 30.3 Å². The van der Waals surface area contributed by atoms with Crippen molar-refractivity contribution in [2.45, 2.75) is 74.1 Å². The number of carbonyl (C=O) groups excluding carboxylic acids is 3. The Morgan fingerprint density at radius 2 is 1.07 bits per heavy atom. The molecule has 2 saturated carbocycles. The van der Waals surface area contributed by atoms with Gasteiger partial charge >= 0.3 is 11.9 Å². The molecule has 8 atom stereocenters. The van der Waals surface area contributed by atoms with E-state index in [4.69, 9.17) is 5.11 Å². The van der Waals surface area contributed by atoms with E-state index in [-0.39, 0.29) is 70.7 Å². The number of ether oxygens (including phenoxy) is 1. The molecular weight excluding hydrogens is 925 g/mol. The number of aliphatic carboxylic acids is 1. The van der Waals surface area contributed by atoms with Gasteiger partial charge in [0.05, 0.1) is 41.3 Å². The molecule has 6 rings (SSSR count). The third-order valence-corrected chi connectivity index (χ3v) is 17.1. The average Bonchev–Trinajstić information content (AvgIpc) is 3.82. The van der Waals surface area contributed by atoms with Gasteiger partial charge in [0, 0.05) is 37.9 Å². The van der Waals surface area contributed by atoms with E-state index in [1.807, 2.05) is 36.4 Å². The van der Waals surface area contributed by atoms with Crippen molar-refractivity contribution in [2.24, 2.45) is 23.7 Å². The Hall–Kier alpha value is -3.60. The van der Waals surface area contributed by atoms with E-state index in [9.17, 15) is 39.6 Å². The standard InChI is InChI=1S/C27H34O5S2.C26H32O5S2/c1-32-26(31)18-33-13-4-14-34-27-24(22(17-28)16-25(27)30)12-11-23(29)10-8-19-7-9-20-5-2-3-6-21(20)15-19;27-16-21-15-24(29)26(33-13-3-12-32-17-25(30)31)23(21)11-10-22(28)9-7-18-6-8-19-4-1-2-5-20(19)14-18/h2-3,5-7,9,11-12,15,22-24,27-29H,4,8,10,13-14,16-18H2,1H3;1-2,4-6,8,10-11,14,21-23,26-28H,3,7,9,12-13,15-17H2,(H,30,31)/b12-11+;11-10+/t22-,23?,24-,27+;21-,22?,23-,26+/m00/s1. The molecule has 10 nitrogen and oxygen atoms in total. The molecule has 0 heterocycles. The molecule has 2 aliphatic rings. The van der Waals surface area contributed by atoms with Crippen LogP contribution in [0.1, 0.15) is 49.7 Å². The molecule has 4 aromatic carbocycles. The lowest BCUT2D eigenvalue weighted by Gasteiger charge is -2.19. The van der Waals surface area contributed by atoms with Crippen molar-refractivity contribution in [3.05, 3.63) is 120 Å². The van der Waals surface area contributed by atoms with Crippen LogP contribution in [0.4, 0.5) is 0 Å². The van der Waals surface area contributed by atoms with Gasteiger partial charge in [-0.3, -0.25) is 19.2 Å². The molecule has 0 amide bonds. The molecule has 362 valence electrons. The summed E-state index contributed by atoms with van der Waals surface area (Å²) in [5.74, 6) is 2.54. The van der Waals surface area contributed by atoms with Crippen LogP contribution in [0.15, 0.2) is 109 Å². The zero-order chi connectivity index (χ0) is 48.0. The fourth-order valence-electron chi connectivity index (χ4n) is 8.48. The highest BCUT2D eigenvalue weighted by molar-refractivity contribution is 8.01.